The highest BCUT2D eigenvalue weighted by Crippen LogP contribution is 2.05. The van der Waals surface area contributed by atoms with E-state index in [-0.39, 0.29) is 11.9 Å². The quantitative estimate of drug-likeness (QED) is 0.722. The molecular formula is C15H26N2O2. The van der Waals surface area contributed by atoms with Gasteiger partial charge >= 0.3 is 0 Å². The third-order valence-corrected chi connectivity index (χ3v) is 3.27. The van der Waals surface area contributed by atoms with E-state index in [1.165, 1.54) is 0 Å². The van der Waals surface area contributed by atoms with Crippen molar-refractivity contribution in [2.24, 2.45) is 0 Å². The van der Waals surface area contributed by atoms with Crippen LogP contribution in [0.25, 0.3) is 0 Å². The molecule has 0 aliphatic rings. The fourth-order valence-electron chi connectivity index (χ4n) is 1.80. The van der Waals surface area contributed by atoms with Crippen LogP contribution < -0.4 is 10.6 Å². The summed E-state index contributed by atoms with van der Waals surface area (Å²) >= 11 is 0. The molecule has 2 N–H and O–H groups in total. The number of carbonyl (C=O) groups is 1. The van der Waals surface area contributed by atoms with Crippen LogP contribution in [0.4, 0.5) is 0 Å². The van der Waals surface area contributed by atoms with Gasteiger partial charge in [0, 0.05) is 31.5 Å². The van der Waals surface area contributed by atoms with Crippen LogP contribution in [-0.4, -0.2) is 24.5 Å². The lowest BCUT2D eigenvalue weighted by atomic mass is 10.1. The molecule has 0 aliphatic carbocycles. The van der Waals surface area contributed by atoms with Crippen LogP contribution in [0.5, 0.6) is 0 Å². The Hall–Kier alpha value is -1.29. The summed E-state index contributed by atoms with van der Waals surface area (Å²) in [6.45, 7) is 6.95. The lowest BCUT2D eigenvalue weighted by Gasteiger charge is -2.14. The highest BCUT2D eigenvalue weighted by atomic mass is 16.3. The lowest BCUT2D eigenvalue weighted by Crippen LogP contribution is -2.35. The van der Waals surface area contributed by atoms with E-state index < -0.39 is 0 Å². The fraction of sp³-hybridized carbons (Fsp3) is 0.667. The van der Waals surface area contributed by atoms with Gasteiger partial charge in [0.05, 0.1) is 6.26 Å². The van der Waals surface area contributed by atoms with Crippen molar-refractivity contribution < 1.29 is 9.21 Å². The molecular weight excluding hydrogens is 240 g/mol. The molecule has 1 rings (SSSR count). The smallest absolute Gasteiger partial charge is 0.221 e. The molecule has 19 heavy (non-hydrogen) atoms. The van der Waals surface area contributed by atoms with Crippen molar-refractivity contribution in [3.8, 4) is 0 Å². The average molecular weight is 266 g/mol. The van der Waals surface area contributed by atoms with Gasteiger partial charge in [-0.25, -0.2) is 0 Å². The third kappa shape index (κ3) is 7.01. The summed E-state index contributed by atoms with van der Waals surface area (Å²) in [5, 5.41) is 6.33. The van der Waals surface area contributed by atoms with Gasteiger partial charge in [-0.3, -0.25) is 4.79 Å². The topological polar surface area (TPSA) is 54.3 Å². The SMILES string of the molecule is CCC(C)NC(=O)CCNC(C)CCc1ccco1. The van der Waals surface area contributed by atoms with Gasteiger partial charge in [-0.1, -0.05) is 6.92 Å². The number of hydrogen-bond donors (Lipinski definition) is 2. The fourth-order valence-corrected chi connectivity index (χ4v) is 1.80. The maximum Gasteiger partial charge on any atom is 0.221 e. The van der Waals surface area contributed by atoms with E-state index in [1.54, 1.807) is 6.26 Å². The number of carbonyl (C=O) groups excluding carboxylic acids is 1. The van der Waals surface area contributed by atoms with Gasteiger partial charge < -0.3 is 15.1 Å². The molecule has 1 amide bonds. The Bertz CT molecular complexity index is 349. The molecule has 1 heterocycles. The molecule has 108 valence electrons. The standard InChI is InChI=1S/C15H26N2O2/c1-4-12(2)17-15(18)9-10-16-13(3)7-8-14-6-5-11-19-14/h5-6,11-13,16H,4,7-10H2,1-3H3,(H,17,18). The number of furan rings is 1. The maximum absolute atomic E-state index is 11.6. The van der Waals surface area contributed by atoms with Crippen LogP contribution in [-0.2, 0) is 11.2 Å². The second-order valence-electron chi connectivity index (χ2n) is 5.10. The monoisotopic (exact) mass is 266 g/mol. The van der Waals surface area contributed by atoms with Crippen LogP contribution in [0.2, 0.25) is 0 Å². The maximum atomic E-state index is 11.6. The van der Waals surface area contributed by atoms with Crippen LogP contribution in [0.15, 0.2) is 22.8 Å². The van der Waals surface area contributed by atoms with Gasteiger partial charge in [0.1, 0.15) is 5.76 Å². The number of rotatable bonds is 9. The molecule has 0 aliphatic heterocycles. The molecule has 4 nitrogen and oxygen atoms in total. The Morgan fingerprint density at radius 2 is 2.16 bits per heavy atom. The molecule has 0 saturated heterocycles. The van der Waals surface area contributed by atoms with E-state index in [0.29, 0.717) is 12.5 Å². The molecule has 0 spiro atoms. The summed E-state index contributed by atoms with van der Waals surface area (Å²) in [6.07, 6.45) is 5.15. The van der Waals surface area contributed by atoms with Crippen molar-refractivity contribution in [3.63, 3.8) is 0 Å². The predicted molar refractivity (Wildman–Crippen MR) is 77.0 cm³/mol. The number of amides is 1. The molecule has 0 bridgehead atoms. The number of hydrogen-bond acceptors (Lipinski definition) is 3. The summed E-state index contributed by atoms with van der Waals surface area (Å²) in [4.78, 5) is 11.6. The zero-order valence-electron chi connectivity index (χ0n) is 12.2. The van der Waals surface area contributed by atoms with E-state index in [1.807, 2.05) is 19.1 Å². The minimum Gasteiger partial charge on any atom is -0.469 e. The van der Waals surface area contributed by atoms with Crippen molar-refractivity contribution in [1.82, 2.24) is 10.6 Å². The van der Waals surface area contributed by atoms with Gasteiger partial charge in [0.15, 0.2) is 0 Å². The van der Waals surface area contributed by atoms with Gasteiger partial charge in [-0.2, -0.15) is 0 Å². The first-order valence-electron chi connectivity index (χ1n) is 7.17. The predicted octanol–water partition coefficient (Wildman–Crippen LogP) is 2.50. The first-order valence-corrected chi connectivity index (χ1v) is 7.17. The van der Waals surface area contributed by atoms with E-state index in [9.17, 15) is 4.79 Å². The van der Waals surface area contributed by atoms with Gasteiger partial charge in [-0.05, 0) is 38.8 Å². The van der Waals surface area contributed by atoms with Crippen molar-refractivity contribution in [2.75, 3.05) is 6.54 Å². The molecule has 0 aromatic carbocycles. The van der Waals surface area contributed by atoms with Gasteiger partial charge in [0.25, 0.3) is 0 Å². The highest BCUT2D eigenvalue weighted by Gasteiger charge is 2.07. The van der Waals surface area contributed by atoms with Gasteiger partial charge in [0.2, 0.25) is 5.91 Å². The molecule has 1 aromatic heterocycles. The van der Waals surface area contributed by atoms with E-state index in [0.717, 1.165) is 31.6 Å². The Morgan fingerprint density at radius 3 is 2.79 bits per heavy atom. The Balaban J connectivity index is 2.06. The van der Waals surface area contributed by atoms with Crippen LogP contribution in [0.3, 0.4) is 0 Å². The minimum absolute atomic E-state index is 0.125. The van der Waals surface area contributed by atoms with Crippen LogP contribution >= 0.6 is 0 Å². The number of nitrogens with one attached hydrogen (secondary N) is 2. The zero-order chi connectivity index (χ0) is 14.1. The molecule has 0 radical (unpaired) electrons. The first-order chi connectivity index (χ1) is 9.11. The van der Waals surface area contributed by atoms with Crippen LogP contribution in [0, 0.1) is 0 Å². The first kappa shape index (κ1) is 15.8. The molecule has 4 heteroatoms. The number of aryl methyl sites for hydroxylation is 1. The zero-order valence-corrected chi connectivity index (χ0v) is 12.2. The Morgan fingerprint density at radius 1 is 1.37 bits per heavy atom. The Labute approximate surface area is 116 Å². The summed E-state index contributed by atoms with van der Waals surface area (Å²) in [7, 11) is 0. The summed E-state index contributed by atoms with van der Waals surface area (Å²) in [5.74, 6) is 1.14. The van der Waals surface area contributed by atoms with Crippen molar-refractivity contribution in [2.45, 2.75) is 58.5 Å². The van der Waals surface area contributed by atoms with Crippen molar-refractivity contribution in [3.05, 3.63) is 24.2 Å². The second-order valence-corrected chi connectivity index (χ2v) is 5.10. The summed E-state index contributed by atoms with van der Waals surface area (Å²) < 4.78 is 5.29. The average Bonchev–Trinajstić information content (AvgIpc) is 2.89. The van der Waals surface area contributed by atoms with E-state index >= 15 is 0 Å². The van der Waals surface area contributed by atoms with Crippen molar-refractivity contribution >= 4 is 5.91 Å². The van der Waals surface area contributed by atoms with Crippen molar-refractivity contribution in [1.29, 1.82) is 0 Å². The normalized spacial score (nSPS) is 14.1. The van der Waals surface area contributed by atoms with Gasteiger partial charge in [-0.15, -0.1) is 0 Å². The third-order valence-electron chi connectivity index (χ3n) is 3.27. The molecule has 1 aromatic rings. The molecule has 2 atom stereocenters. The summed E-state index contributed by atoms with van der Waals surface area (Å²) in [6, 6.07) is 4.56. The minimum atomic E-state index is 0.125. The Kier molecular flexibility index (Phi) is 7.26. The van der Waals surface area contributed by atoms with Crippen LogP contribution in [0.1, 0.15) is 45.8 Å². The lowest BCUT2D eigenvalue weighted by molar-refractivity contribution is -0.121. The molecule has 0 fully saturated rings. The molecule has 0 saturated carbocycles. The molecule has 2 unspecified atom stereocenters. The summed E-state index contributed by atoms with van der Waals surface area (Å²) in [5.41, 5.74) is 0. The second kappa shape index (κ2) is 8.75. The van der Waals surface area contributed by atoms with E-state index in [4.69, 9.17) is 4.42 Å². The highest BCUT2D eigenvalue weighted by molar-refractivity contribution is 5.76. The largest absolute Gasteiger partial charge is 0.469 e. The van der Waals surface area contributed by atoms with E-state index in [2.05, 4.69) is 24.5 Å².